The number of anilines is 1. The number of benzene rings is 3. The van der Waals surface area contributed by atoms with Crippen LogP contribution in [0.15, 0.2) is 72.8 Å². The lowest BCUT2D eigenvalue weighted by atomic mass is 10.0. The predicted molar refractivity (Wildman–Crippen MR) is 127 cm³/mol. The fourth-order valence-corrected chi connectivity index (χ4v) is 3.84. The average Bonchev–Trinajstić information content (AvgIpc) is 3.21. The first-order valence-corrected chi connectivity index (χ1v) is 10.5. The van der Waals surface area contributed by atoms with Gasteiger partial charge < -0.3 is 20.4 Å². The Morgan fingerprint density at radius 2 is 1.66 bits per heavy atom. The van der Waals surface area contributed by atoms with Crippen LogP contribution in [0.3, 0.4) is 0 Å². The summed E-state index contributed by atoms with van der Waals surface area (Å²) >= 11 is 0. The Labute approximate surface area is 186 Å². The van der Waals surface area contributed by atoms with E-state index in [0.29, 0.717) is 17.7 Å². The molecule has 0 saturated heterocycles. The van der Waals surface area contributed by atoms with Crippen LogP contribution < -0.4 is 15.4 Å². The normalized spacial score (nSPS) is 10.7. The van der Waals surface area contributed by atoms with E-state index in [-0.39, 0.29) is 18.2 Å². The first-order valence-electron chi connectivity index (χ1n) is 10.5. The van der Waals surface area contributed by atoms with Gasteiger partial charge in [-0.25, -0.2) is 0 Å². The molecule has 162 valence electrons. The number of hydrogen-bond donors (Lipinski definition) is 3. The van der Waals surface area contributed by atoms with Crippen molar-refractivity contribution in [2.24, 2.45) is 0 Å². The summed E-state index contributed by atoms with van der Waals surface area (Å²) in [5.41, 5.74) is 5.08. The summed E-state index contributed by atoms with van der Waals surface area (Å²) in [5.74, 6) is 0.409. The zero-order valence-corrected chi connectivity index (χ0v) is 18.1. The highest BCUT2D eigenvalue weighted by Gasteiger charge is 2.16. The Hall–Kier alpha value is -4.06. The van der Waals surface area contributed by atoms with E-state index in [1.807, 2.05) is 42.5 Å². The lowest BCUT2D eigenvalue weighted by Gasteiger charge is -2.11. The topological polar surface area (TPSA) is 83.2 Å². The van der Waals surface area contributed by atoms with Gasteiger partial charge in [0.25, 0.3) is 5.91 Å². The number of aromatic nitrogens is 1. The van der Waals surface area contributed by atoms with E-state index in [1.165, 1.54) is 0 Å². The largest absolute Gasteiger partial charge is 0.497 e. The number of fused-ring (bicyclic) bond motifs is 1. The first kappa shape index (κ1) is 21.2. The molecule has 0 fully saturated rings. The molecule has 6 nitrogen and oxygen atoms in total. The Balaban J connectivity index is 1.58. The molecule has 0 unspecified atom stereocenters. The number of nitrogens with one attached hydrogen (secondary N) is 3. The quantitative estimate of drug-likeness (QED) is 0.397. The van der Waals surface area contributed by atoms with Gasteiger partial charge in [0.2, 0.25) is 5.91 Å². The Morgan fingerprint density at radius 3 is 2.41 bits per heavy atom. The zero-order valence-electron chi connectivity index (χ0n) is 18.1. The van der Waals surface area contributed by atoms with E-state index in [2.05, 4.69) is 21.7 Å². The number of carbonyl (C=O) groups is 2. The molecule has 1 heterocycles. The number of hydrogen-bond acceptors (Lipinski definition) is 3. The molecule has 0 aliphatic heterocycles. The van der Waals surface area contributed by atoms with E-state index >= 15 is 0 Å². The van der Waals surface area contributed by atoms with Crippen molar-refractivity contribution < 1.29 is 14.3 Å². The molecular weight excluding hydrogens is 402 g/mol. The van der Waals surface area contributed by atoms with Crippen LogP contribution in [0, 0.1) is 0 Å². The molecule has 4 aromatic rings. The minimum atomic E-state index is -0.237. The zero-order chi connectivity index (χ0) is 22.5. The van der Waals surface area contributed by atoms with Gasteiger partial charge in [-0.15, -0.1) is 0 Å². The second-order valence-corrected chi connectivity index (χ2v) is 7.43. The van der Waals surface area contributed by atoms with E-state index in [0.717, 1.165) is 33.5 Å². The van der Waals surface area contributed by atoms with Crippen molar-refractivity contribution in [3.63, 3.8) is 0 Å². The highest BCUT2D eigenvalue weighted by atomic mass is 16.5. The maximum Gasteiger partial charge on any atom is 0.253 e. The van der Waals surface area contributed by atoms with Crippen LogP contribution >= 0.6 is 0 Å². The van der Waals surface area contributed by atoms with Gasteiger partial charge in [-0.2, -0.15) is 0 Å². The van der Waals surface area contributed by atoms with Crippen molar-refractivity contribution in [3.05, 3.63) is 83.9 Å². The number of aromatic amines is 1. The fourth-order valence-electron chi connectivity index (χ4n) is 3.84. The molecule has 0 bridgehead atoms. The number of H-pyrrole nitrogens is 1. The Kier molecular flexibility index (Phi) is 6.22. The summed E-state index contributed by atoms with van der Waals surface area (Å²) in [6.07, 6.45) is 0.840. The van der Waals surface area contributed by atoms with E-state index in [4.69, 9.17) is 4.74 Å². The van der Waals surface area contributed by atoms with Gasteiger partial charge in [-0.05, 0) is 60.0 Å². The van der Waals surface area contributed by atoms with Gasteiger partial charge in [-0.1, -0.05) is 30.3 Å². The fraction of sp³-hybridized carbons (Fsp3) is 0.154. The molecule has 0 aliphatic rings. The maximum atomic E-state index is 12.8. The van der Waals surface area contributed by atoms with Crippen LogP contribution in [0.25, 0.3) is 22.2 Å². The molecule has 0 aliphatic carbocycles. The highest BCUT2D eigenvalue weighted by Crippen LogP contribution is 2.32. The first-order chi connectivity index (χ1) is 15.6. The van der Waals surface area contributed by atoms with Crippen molar-refractivity contribution >= 4 is 28.4 Å². The van der Waals surface area contributed by atoms with Crippen LogP contribution in [0.5, 0.6) is 5.75 Å². The lowest BCUT2D eigenvalue weighted by molar-refractivity contribution is -0.116. The molecule has 0 saturated carbocycles. The SMILES string of the molecule is CNC(=O)c1ccccc1NC(=O)CCc1c(-c2ccc(OC)cc2)[nH]c2ccccc12. The molecule has 3 aromatic carbocycles. The average molecular weight is 428 g/mol. The van der Waals surface area contributed by atoms with E-state index < -0.39 is 0 Å². The van der Waals surface area contributed by atoms with E-state index in [1.54, 1.807) is 38.4 Å². The number of amides is 2. The van der Waals surface area contributed by atoms with Gasteiger partial charge in [0.05, 0.1) is 18.4 Å². The molecule has 0 radical (unpaired) electrons. The molecule has 0 atom stereocenters. The van der Waals surface area contributed by atoms with Crippen molar-refractivity contribution in [3.8, 4) is 17.0 Å². The molecule has 6 heteroatoms. The van der Waals surface area contributed by atoms with Gasteiger partial charge in [0.15, 0.2) is 0 Å². The standard InChI is InChI=1S/C26H25N3O3/c1-27-26(31)21-8-4-6-10-23(21)28-24(30)16-15-20-19-7-3-5-9-22(19)29-25(20)17-11-13-18(32-2)14-12-17/h3-14,29H,15-16H2,1-2H3,(H,27,31)(H,28,30). The van der Waals surface area contributed by atoms with Crippen molar-refractivity contribution in [1.29, 1.82) is 0 Å². The number of ether oxygens (including phenoxy) is 1. The van der Waals surface area contributed by atoms with Crippen molar-refractivity contribution in [2.75, 3.05) is 19.5 Å². The molecule has 3 N–H and O–H groups in total. The Bertz CT molecular complexity index is 1260. The molecular formula is C26H25N3O3. The third kappa shape index (κ3) is 4.34. The van der Waals surface area contributed by atoms with Gasteiger partial charge in [0, 0.05) is 30.1 Å². The smallest absolute Gasteiger partial charge is 0.253 e. The van der Waals surface area contributed by atoms with E-state index in [9.17, 15) is 9.59 Å². The maximum absolute atomic E-state index is 12.8. The minimum Gasteiger partial charge on any atom is -0.497 e. The lowest BCUT2D eigenvalue weighted by Crippen LogP contribution is -2.21. The summed E-state index contributed by atoms with van der Waals surface area (Å²) in [6, 6.07) is 22.9. The van der Waals surface area contributed by atoms with Gasteiger partial charge >= 0.3 is 0 Å². The molecule has 0 spiro atoms. The summed E-state index contributed by atoms with van der Waals surface area (Å²) < 4.78 is 5.27. The highest BCUT2D eigenvalue weighted by molar-refractivity contribution is 6.03. The number of aryl methyl sites for hydroxylation is 1. The van der Waals surface area contributed by atoms with Crippen LogP contribution in [-0.2, 0) is 11.2 Å². The monoisotopic (exact) mass is 427 g/mol. The molecule has 2 amide bonds. The minimum absolute atomic E-state index is 0.146. The predicted octanol–water partition coefficient (Wildman–Crippen LogP) is 4.77. The molecule has 32 heavy (non-hydrogen) atoms. The van der Waals surface area contributed by atoms with Crippen LogP contribution in [0.1, 0.15) is 22.3 Å². The van der Waals surface area contributed by atoms with Crippen LogP contribution in [0.4, 0.5) is 5.69 Å². The van der Waals surface area contributed by atoms with Crippen LogP contribution in [0.2, 0.25) is 0 Å². The summed E-state index contributed by atoms with van der Waals surface area (Å²) in [7, 11) is 3.21. The summed E-state index contributed by atoms with van der Waals surface area (Å²) in [6.45, 7) is 0. The number of methoxy groups -OCH3 is 1. The number of carbonyl (C=O) groups excluding carboxylic acids is 2. The third-order valence-corrected chi connectivity index (χ3v) is 5.47. The Morgan fingerprint density at radius 1 is 0.938 bits per heavy atom. The second kappa shape index (κ2) is 9.39. The van der Waals surface area contributed by atoms with Crippen molar-refractivity contribution in [2.45, 2.75) is 12.8 Å². The van der Waals surface area contributed by atoms with Crippen LogP contribution in [-0.4, -0.2) is 31.0 Å². The molecule has 4 rings (SSSR count). The molecule has 1 aromatic heterocycles. The van der Waals surface area contributed by atoms with Gasteiger partial charge in [-0.3, -0.25) is 9.59 Å². The summed E-state index contributed by atoms with van der Waals surface area (Å²) in [5, 5.41) is 6.58. The third-order valence-electron chi connectivity index (χ3n) is 5.47. The van der Waals surface area contributed by atoms with Crippen molar-refractivity contribution in [1.82, 2.24) is 10.3 Å². The number of para-hydroxylation sites is 2. The summed E-state index contributed by atoms with van der Waals surface area (Å²) in [4.78, 5) is 28.3. The second-order valence-electron chi connectivity index (χ2n) is 7.43. The number of rotatable bonds is 7. The van der Waals surface area contributed by atoms with Gasteiger partial charge in [0.1, 0.15) is 5.75 Å².